The molecule has 1 aromatic heterocycles. The van der Waals surface area contributed by atoms with Crippen molar-refractivity contribution in [2.45, 2.75) is 26.7 Å². The van der Waals surface area contributed by atoms with Gasteiger partial charge in [0, 0.05) is 21.5 Å². The Morgan fingerprint density at radius 3 is 2.59 bits per heavy atom. The van der Waals surface area contributed by atoms with Gasteiger partial charge in [-0.05, 0) is 49.2 Å². The first-order valence-electron chi connectivity index (χ1n) is 9.50. The van der Waals surface area contributed by atoms with Crippen molar-refractivity contribution in [3.8, 4) is 17.0 Å². The fourth-order valence-electron chi connectivity index (χ4n) is 2.65. The number of ether oxygens (including phenoxy) is 1. The van der Waals surface area contributed by atoms with Crippen LogP contribution in [0, 0.1) is 6.92 Å². The summed E-state index contributed by atoms with van der Waals surface area (Å²) in [7, 11) is 0. The molecule has 1 N–H and O–H groups in total. The van der Waals surface area contributed by atoms with E-state index in [1.54, 1.807) is 6.08 Å². The normalized spacial score (nSPS) is 11.0. The van der Waals surface area contributed by atoms with E-state index < -0.39 is 0 Å². The van der Waals surface area contributed by atoms with Crippen molar-refractivity contribution in [3.05, 3.63) is 70.1 Å². The molecule has 0 fully saturated rings. The highest BCUT2D eigenvalue weighted by Gasteiger charge is 2.11. The fraction of sp³-hybridized carbons (Fsp3) is 0.217. The Kier molecular flexibility index (Phi) is 7.44. The molecule has 0 saturated heterocycles. The molecule has 150 valence electrons. The van der Waals surface area contributed by atoms with Crippen LogP contribution in [0.2, 0.25) is 5.02 Å². The maximum atomic E-state index is 12.3. The average Bonchev–Trinajstić information content (AvgIpc) is 3.08. The van der Waals surface area contributed by atoms with E-state index in [9.17, 15) is 4.79 Å². The number of aryl methyl sites for hydroxylation is 1. The first-order valence-corrected chi connectivity index (χ1v) is 10.7. The third-order valence-corrected chi connectivity index (χ3v) is 5.36. The van der Waals surface area contributed by atoms with Crippen LogP contribution in [0.3, 0.4) is 0 Å². The molecule has 0 unspecified atom stereocenters. The molecule has 0 spiro atoms. The van der Waals surface area contributed by atoms with Crippen LogP contribution in [-0.2, 0) is 4.79 Å². The van der Waals surface area contributed by atoms with Crippen LogP contribution < -0.4 is 10.1 Å². The van der Waals surface area contributed by atoms with Crippen molar-refractivity contribution in [2.75, 3.05) is 11.9 Å². The van der Waals surface area contributed by atoms with E-state index in [2.05, 4.69) is 17.2 Å². The zero-order valence-electron chi connectivity index (χ0n) is 16.4. The molecule has 4 nitrogen and oxygen atoms in total. The van der Waals surface area contributed by atoms with Crippen LogP contribution >= 0.6 is 22.9 Å². The largest absolute Gasteiger partial charge is 0.494 e. The van der Waals surface area contributed by atoms with Crippen molar-refractivity contribution in [1.29, 1.82) is 0 Å². The molecule has 3 rings (SSSR count). The van der Waals surface area contributed by atoms with Crippen LogP contribution in [-0.4, -0.2) is 17.5 Å². The SMILES string of the molecule is CCCCOc1ccc(/C=C/C(=O)Nc2nc(-c3ccc(Cl)cc3)c(C)s2)cc1. The average molecular weight is 427 g/mol. The second-order valence-electron chi connectivity index (χ2n) is 6.52. The first-order chi connectivity index (χ1) is 14.0. The summed E-state index contributed by atoms with van der Waals surface area (Å²) >= 11 is 7.39. The minimum atomic E-state index is -0.218. The maximum Gasteiger partial charge on any atom is 0.250 e. The monoisotopic (exact) mass is 426 g/mol. The molecule has 1 heterocycles. The van der Waals surface area contributed by atoms with Crippen LogP contribution in [0.25, 0.3) is 17.3 Å². The first kappa shape index (κ1) is 21.1. The molecular formula is C23H23ClN2O2S. The van der Waals surface area contributed by atoms with Gasteiger partial charge in [0.05, 0.1) is 12.3 Å². The van der Waals surface area contributed by atoms with Crippen LogP contribution in [0.1, 0.15) is 30.2 Å². The van der Waals surface area contributed by atoms with Gasteiger partial charge in [0.2, 0.25) is 5.91 Å². The van der Waals surface area contributed by atoms with Gasteiger partial charge in [-0.15, -0.1) is 11.3 Å². The van der Waals surface area contributed by atoms with Crippen LogP contribution in [0.4, 0.5) is 5.13 Å². The minimum Gasteiger partial charge on any atom is -0.494 e. The van der Waals surface area contributed by atoms with Gasteiger partial charge in [-0.2, -0.15) is 0 Å². The third-order valence-electron chi connectivity index (χ3n) is 4.22. The third kappa shape index (κ3) is 6.17. The number of benzene rings is 2. The van der Waals surface area contributed by atoms with Gasteiger partial charge in [-0.1, -0.05) is 49.2 Å². The Bertz CT molecular complexity index is 979. The van der Waals surface area contributed by atoms with Crippen molar-refractivity contribution in [3.63, 3.8) is 0 Å². The molecule has 0 aliphatic heterocycles. The van der Waals surface area contributed by atoms with Crippen LogP contribution in [0.15, 0.2) is 54.6 Å². The summed E-state index contributed by atoms with van der Waals surface area (Å²) in [6, 6.07) is 15.2. The van der Waals surface area contributed by atoms with Gasteiger partial charge in [-0.25, -0.2) is 4.98 Å². The number of amides is 1. The van der Waals surface area contributed by atoms with Crippen LogP contribution in [0.5, 0.6) is 5.75 Å². The number of unbranched alkanes of at least 4 members (excludes halogenated alkanes) is 1. The number of rotatable bonds is 8. The Morgan fingerprint density at radius 2 is 1.90 bits per heavy atom. The van der Waals surface area contributed by atoms with Crippen molar-refractivity contribution >= 4 is 40.1 Å². The van der Waals surface area contributed by atoms with E-state index in [0.29, 0.717) is 10.2 Å². The number of nitrogens with one attached hydrogen (secondary N) is 1. The number of aromatic nitrogens is 1. The summed E-state index contributed by atoms with van der Waals surface area (Å²) in [5, 5.41) is 4.08. The minimum absolute atomic E-state index is 0.218. The summed E-state index contributed by atoms with van der Waals surface area (Å²) in [4.78, 5) is 17.8. The Morgan fingerprint density at radius 1 is 1.17 bits per heavy atom. The number of hydrogen-bond donors (Lipinski definition) is 1. The summed E-state index contributed by atoms with van der Waals surface area (Å²) in [6.45, 7) is 4.84. The molecule has 0 radical (unpaired) electrons. The molecule has 6 heteroatoms. The zero-order chi connectivity index (χ0) is 20.6. The van der Waals surface area contributed by atoms with E-state index >= 15 is 0 Å². The topological polar surface area (TPSA) is 51.2 Å². The molecule has 1 amide bonds. The number of nitrogens with zero attached hydrogens (tertiary/aromatic N) is 1. The molecule has 0 bridgehead atoms. The standard InChI is InChI=1S/C23H23ClN2O2S/c1-3-4-15-28-20-12-5-17(6-13-20)7-14-21(27)25-23-26-22(16(2)29-23)18-8-10-19(24)11-9-18/h5-14H,3-4,15H2,1-2H3,(H,25,26,27)/b14-7+. The number of thiazole rings is 1. The fourth-order valence-corrected chi connectivity index (χ4v) is 3.62. The predicted octanol–water partition coefficient (Wildman–Crippen LogP) is 6.60. The molecule has 0 atom stereocenters. The van der Waals surface area contributed by atoms with Gasteiger partial charge in [0.25, 0.3) is 0 Å². The Balaban J connectivity index is 1.59. The van der Waals surface area contributed by atoms with E-state index in [0.717, 1.165) is 46.9 Å². The molecule has 2 aromatic carbocycles. The van der Waals surface area contributed by atoms with E-state index in [1.165, 1.54) is 17.4 Å². The molecule has 0 aliphatic rings. The van der Waals surface area contributed by atoms with Crippen molar-refractivity contribution in [2.24, 2.45) is 0 Å². The summed E-state index contributed by atoms with van der Waals surface area (Å²) in [5.74, 6) is 0.623. The van der Waals surface area contributed by atoms with E-state index in [-0.39, 0.29) is 5.91 Å². The number of anilines is 1. The molecule has 29 heavy (non-hydrogen) atoms. The summed E-state index contributed by atoms with van der Waals surface area (Å²) in [5.41, 5.74) is 2.75. The van der Waals surface area contributed by atoms with E-state index in [4.69, 9.17) is 16.3 Å². The summed E-state index contributed by atoms with van der Waals surface area (Å²) < 4.78 is 5.64. The molecule has 0 saturated carbocycles. The second kappa shape index (κ2) is 10.2. The Hall–Kier alpha value is -2.63. The lowest BCUT2D eigenvalue weighted by Crippen LogP contribution is -2.07. The highest BCUT2D eigenvalue weighted by molar-refractivity contribution is 7.16. The lowest BCUT2D eigenvalue weighted by molar-refractivity contribution is -0.111. The molecule has 0 aliphatic carbocycles. The van der Waals surface area contributed by atoms with Gasteiger partial charge >= 0.3 is 0 Å². The highest BCUT2D eigenvalue weighted by Crippen LogP contribution is 2.31. The number of carbonyl (C=O) groups excluding carboxylic acids is 1. The smallest absolute Gasteiger partial charge is 0.250 e. The van der Waals surface area contributed by atoms with Gasteiger partial charge < -0.3 is 4.74 Å². The Labute approximate surface area is 180 Å². The quantitative estimate of drug-likeness (QED) is 0.326. The number of hydrogen-bond acceptors (Lipinski definition) is 4. The van der Waals surface area contributed by atoms with Gasteiger partial charge in [0.1, 0.15) is 5.75 Å². The van der Waals surface area contributed by atoms with E-state index in [1.807, 2.05) is 55.5 Å². The molecule has 3 aromatic rings. The van der Waals surface area contributed by atoms with Crippen molar-refractivity contribution in [1.82, 2.24) is 4.98 Å². The predicted molar refractivity (Wildman–Crippen MR) is 122 cm³/mol. The lowest BCUT2D eigenvalue weighted by atomic mass is 10.1. The molecular weight excluding hydrogens is 404 g/mol. The second-order valence-corrected chi connectivity index (χ2v) is 8.16. The number of carbonyl (C=O) groups is 1. The summed E-state index contributed by atoms with van der Waals surface area (Å²) in [6.07, 6.45) is 5.42. The van der Waals surface area contributed by atoms with Gasteiger partial charge in [-0.3, -0.25) is 10.1 Å². The number of halogens is 1. The zero-order valence-corrected chi connectivity index (χ0v) is 18.0. The maximum absolute atomic E-state index is 12.3. The highest BCUT2D eigenvalue weighted by atomic mass is 35.5. The van der Waals surface area contributed by atoms with Crippen molar-refractivity contribution < 1.29 is 9.53 Å². The lowest BCUT2D eigenvalue weighted by Gasteiger charge is -2.05. The van der Waals surface area contributed by atoms with Gasteiger partial charge in [0.15, 0.2) is 5.13 Å².